The van der Waals surface area contributed by atoms with Crippen LogP contribution in [0.3, 0.4) is 0 Å². The average molecular weight is 312 g/mol. The number of aryl methyl sites for hydroxylation is 1. The lowest BCUT2D eigenvalue weighted by Gasteiger charge is -2.20. The Labute approximate surface area is 124 Å². The average Bonchev–Trinajstić information content (AvgIpc) is 2.94. The van der Waals surface area contributed by atoms with Gasteiger partial charge in [-0.15, -0.1) is 0 Å². The molecule has 6 nitrogen and oxygen atoms in total. The maximum Gasteiger partial charge on any atom is 0.323 e. The molecule has 1 aliphatic rings. The predicted molar refractivity (Wildman–Crippen MR) is 82.3 cm³/mol. The number of aliphatic carboxylic acids is 1. The molecule has 1 aromatic carbocycles. The van der Waals surface area contributed by atoms with Crippen LogP contribution >= 0.6 is 0 Å². The number of nitrogens with zero attached hydrogens (tertiary/aromatic N) is 1. The van der Waals surface area contributed by atoms with Crippen LogP contribution in [0.4, 0.5) is 11.4 Å². The van der Waals surface area contributed by atoms with Gasteiger partial charge in [0, 0.05) is 18.8 Å². The first kappa shape index (κ1) is 15.6. The molecule has 0 amide bonds. The maximum atomic E-state index is 11.9. The van der Waals surface area contributed by atoms with E-state index in [4.69, 9.17) is 5.11 Å². The number of nitrogens with one attached hydrogen (secondary N) is 1. The summed E-state index contributed by atoms with van der Waals surface area (Å²) < 4.78 is 26.2. The monoisotopic (exact) mass is 312 g/mol. The zero-order valence-electron chi connectivity index (χ0n) is 12.2. The second-order valence-electron chi connectivity index (χ2n) is 5.32. The van der Waals surface area contributed by atoms with E-state index in [0.29, 0.717) is 5.69 Å². The van der Waals surface area contributed by atoms with Gasteiger partial charge in [-0.05, 0) is 50.5 Å². The van der Waals surface area contributed by atoms with Crippen molar-refractivity contribution in [2.45, 2.75) is 31.9 Å². The lowest BCUT2D eigenvalue weighted by molar-refractivity contribution is -0.136. The molecule has 1 heterocycles. The number of sulfonamides is 1. The van der Waals surface area contributed by atoms with Gasteiger partial charge < -0.3 is 10.0 Å². The van der Waals surface area contributed by atoms with Crippen LogP contribution in [0.1, 0.15) is 25.3 Å². The van der Waals surface area contributed by atoms with Crippen molar-refractivity contribution < 1.29 is 18.3 Å². The van der Waals surface area contributed by atoms with Crippen molar-refractivity contribution in [3.05, 3.63) is 23.8 Å². The van der Waals surface area contributed by atoms with E-state index in [1.807, 2.05) is 19.1 Å². The summed E-state index contributed by atoms with van der Waals surface area (Å²) in [7, 11) is -3.93. The Bertz CT molecular complexity index is 636. The molecule has 1 fully saturated rings. The van der Waals surface area contributed by atoms with E-state index < -0.39 is 21.2 Å². The highest BCUT2D eigenvalue weighted by Crippen LogP contribution is 2.26. The Balaban J connectivity index is 2.20. The van der Waals surface area contributed by atoms with Gasteiger partial charge in [-0.3, -0.25) is 9.52 Å². The quantitative estimate of drug-likeness (QED) is 0.866. The highest BCUT2D eigenvalue weighted by Gasteiger charge is 2.28. The van der Waals surface area contributed by atoms with Gasteiger partial charge in [-0.1, -0.05) is 0 Å². The van der Waals surface area contributed by atoms with Gasteiger partial charge >= 0.3 is 5.97 Å². The highest BCUT2D eigenvalue weighted by molar-refractivity contribution is 7.94. The Morgan fingerprint density at radius 2 is 1.95 bits per heavy atom. The molecule has 0 aromatic heterocycles. The summed E-state index contributed by atoms with van der Waals surface area (Å²) in [4.78, 5) is 13.1. The first-order valence-corrected chi connectivity index (χ1v) is 8.46. The van der Waals surface area contributed by atoms with Gasteiger partial charge in [-0.25, -0.2) is 8.42 Å². The van der Waals surface area contributed by atoms with Gasteiger partial charge in [0.25, 0.3) is 0 Å². The molecule has 0 bridgehead atoms. The number of carbonyl (C=O) groups is 1. The summed E-state index contributed by atoms with van der Waals surface area (Å²) in [5.74, 6) is -1.37. The normalized spacial score (nSPS) is 16.8. The minimum absolute atomic E-state index is 0.422. The van der Waals surface area contributed by atoms with Crippen molar-refractivity contribution in [2.24, 2.45) is 0 Å². The summed E-state index contributed by atoms with van der Waals surface area (Å²) >= 11 is 0. The number of hydrogen-bond donors (Lipinski definition) is 2. The minimum atomic E-state index is -3.93. The molecular weight excluding hydrogens is 292 g/mol. The standard InChI is InChI=1S/C14H20N2O4S/c1-10-9-12(16-7-3-4-8-16)5-6-13(10)15-21(19,20)11(2)14(17)18/h5-6,9,11,15H,3-4,7-8H2,1-2H3,(H,17,18). The number of anilines is 2. The fourth-order valence-corrected chi connectivity index (χ4v) is 3.29. The van der Waals surface area contributed by atoms with Crippen LogP contribution in [0.15, 0.2) is 18.2 Å². The first-order chi connectivity index (χ1) is 9.81. The van der Waals surface area contributed by atoms with Crippen molar-refractivity contribution >= 4 is 27.4 Å². The zero-order chi connectivity index (χ0) is 15.6. The molecule has 1 unspecified atom stereocenters. The van der Waals surface area contributed by atoms with Gasteiger partial charge in [0.2, 0.25) is 10.0 Å². The highest BCUT2D eigenvalue weighted by atomic mass is 32.2. The molecule has 0 aliphatic carbocycles. The molecule has 0 radical (unpaired) electrons. The van der Waals surface area contributed by atoms with E-state index in [9.17, 15) is 13.2 Å². The fourth-order valence-electron chi connectivity index (χ4n) is 2.31. The van der Waals surface area contributed by atoms with E-state index in [2.05, 4.69) is 9.62 Å². The third-order valence-corrected chi connectivity index (χ3v) is 5.38. The minimum Gasteiger partial charge on any atom is -0.480 e. The van der Waals surface area contributed by atoms with Gasteiger partial charge in [0.05, 0.1) is 5.69 Å². The van der Waals surface area contributed by atoms with E-state index >= 15 is 0 Å². The summed E-state index contributed by atoms with van der Waals surface area (Å²) in [6.07, 6.45) is 2.34. The van der Waals surface area contributed by atoms with Crippen LogP contribution in [0.25, 0.3) is 0 Å². The number of carboxylic acid groups (broad SMARTS) is 1. The topological polar surface area (TPSA) is 86.7 Å². The van der Waals surface area contributed by atoms with Crippen LogP contribution in [0.5, 0.6) is 0 Å². The third-order valence-electron chi connectivity index (χ3n) is 3.75. The fraction of sp³-hybridized carbons (Fsp3) is 0.500. The molecule has 1 aromatic rings. The smallest absolute Gasteiger partial charge is 0.323 e. The molecule has 2 rings (SSSR count). The molecule has 1 aliphatic heterocycles. The second-order valence-corrected chi connectivity index (χ2v) is 7.32. The van der Waals surface area contributed by atoms with E-state index in [-0.39, 0.29) is 0 Å². The number of hydrogen-bond acceptors (Lipinski definition) is 4. The SMILES string of the molecule is Cc1cc(N2CCCC2)ccc1NS(=O)(=O)C(C)C(=O)O. The van der Waals surface area contributed by atoms with Crippen LogP contribution in [-0.2, 0) is 14.8 Å². The Morgan fingerprint density at radius 3 is 2.48 bits per heavy atom. The summed E-state index contributed by atoms with van der Waals surface area (Å²) in [5.41, 5.74) is 2.27. The van der Waals surface area contributed by atoms with Gasteiger partial charge in [-0.2, -0.15) is 0 Å². The van der Waals surface area contributed by atoms with Crippen LogP contribution in [0.2, 0.25) is 0 Å². The summed E-state index contributed by atoms with van der Waals surface area (Å²) in [6, 6.07) is 5.48. The Morgan fingerprint density at radius 1 is 1.33 bits per heavy atom. The maximum absolute atomic E-state index is 11.9. The second kappa shape index (κ2) is 5.93. The molecule has 116 valence electrons. The molecular formula is C14H20N2O4S. The first-order valence-electron chi connectivity index (χ1n) is 6.91. The van der Waals surface area contributed by atoms with E-state index in [1.165, 1.54) is 12.8 Å². The van der Waals surface area contributed by atoms with Crippen molar-refractivity contribution in [1.82, 2.24) is 0 Å². The van der Waals surface area contributed by atoms with Crippen molar-refractivity contribution in [3.8, 4) is 0 Å². The summed E-state index contributed by atoms with van der Waals surface area (Å²) in [6.45, 7) is 4.99. The van der Waals surface area contributed by atoms with Crippen molar-refractivity contribution in [2.75, 3.05) is 22.7 Å². The molecule has 0 spiro atoms. The number of carboxylic acids is 1. The van der Waals surface area contributed by atoms with Crippen molar-refractivity contribution in [1.29, 1.82) is 0 Å². The molecule has 1 atom stereocenters. The van der Waals surface area contributed by atoms with E-state index in [0.717, 1.165) is 31.3 Å². The predicted octanol–water partition coefficient (Wildman–Crippen LogP) is 1.81. The van der Waals surface area contributed by atoms with Gasteiger partial charge in [0.1, 0.15) is 0 Å². The van der Waals surface area contributed by atoms with Gasteiger partial charge in [0.15, 0.2) is 5.25 Å². The summed E-state index contributed by atoms with van der Waals surface area (Å²) in [5, 5.41) is 7.34. The number of benzene rings is 1. The molecule has 0 saturated carbocycles. The lowest BCUT2D eigenvalue weighted by atomic mass is 10.2. The molecule has 2 N–H and O–H groups in total. The Kier molecular flexibility index (Phi) is 4.41. The lowest BCUT2D eigenvalue weighted by Crippen LogP contribution is -2.32. The van der Waals surface area contributed by atoms with E-state index in [1.54, 1.807) is 6.07 Å². The zero-order valence-corrected chi connectivity index (χ0v) is 13.0. The van der Waals surface area contributed by atoms with Crippen LogP contribution < -0.4 is 9.62 Å². The number of rotatable bonds is 5. The van der Waals surface area contributed by atoms with Crippen LogP contribution in [0, 0.1) is 6.92 Å². The molecule has 1 saturated heterocycles. The molecule has 7 heteroatoms. The third kappa shape index (κ3) is 3.47. The Hall–Kier alpha value is -1.76. The van der Waals surface area contributed by atoms with Crippen LogP contribution in [-0.4, -0.2) is 37.8 Å². The molecule has 21 heavy (non-hydrogen) atoms. The van der Waals surface area contributed by atoms with Crippen molar-refractivity contribution in [3.63, 3.8) is 0 Å². The largest absolute Gasteiger partial charge is 0.480 e.